The van der Waals surface area contributed by atoms with Crippen molar-refractivity contribution >= 4 is 41.4 Å². The molecule has 2 aliphatic heterocycles. The van der Waals surface area contributed by atoms with Crippen LogP contribution in [-0.2, 0) is 13.0 Å². The monoisotopic (exact) mass is 369 g/mol. The highest BCUT2D eigenvalue weighted by Crippen LogP contribution is 2.31. The topological polar surface area (TPSA) is 39.3 Å². The molecule has 24 heavy (non-hydrogen) atoms. The Balaban J connectivity index is 0.00000104. The number of aromatic amines is 1. The summed E-state index contributed by atoms with van der Waals surface area (Å²) >= 11 is 0. The first-order valence-corrected chi connectivity index (χ1v) is 8.33. The van der Waals surface area contributed by atoms with Gasteiger partial charge in [0.2, 0.25) is 0 Å². The van der Waals surface area contributed by atoms with Gasteiger partial charge in [-0.25, -0.2) is 0 Å². The Labute approximate surface area is 155 Å². The van der Waals surface area contributed by atoms with Gasteiger partial charge in [0.25, 0.3) is 5.56 Å². The molecule has 1 N–H and O–H groups in total. The van der Waals surface area contributed by atoms with E-state index in [0.29, 0.717) is 0 Å². The molecular weight excluding hydrogens is 345 g/mol. The molecule has 6 heteroatoms. The highest BCUT2D eigenvalue weighted by Gasteiger charge is 2.20. The van der Waals surface area contributed by atoms with Crippen LogP contribution in [0.2, 0.25) is 0 Å². The molecule has 1 aromatic carbocycles. The van der Waals surface area contributed by atoms with Crippen LogP contribution in [0.3, 0.4) is 0 Å². The van der Waals surface area contributed by atoms with E-state index in [-0.39, 0.29) is 30.4 Å². The number of hydrogen-bond donors (Lipinski definition) is 1. The fraction of sp³-hybridized carbons (Fsp3) is 0.500. The molecular formula is C18H25Cl2N3O. The Morgan fingerprint density at radius 2 is 1.83 bits per heavy atom. The highest BCUT2D eigenvalue weighted by atomic mass is 35.5. The van der Waals surface area contributed by atoms with Crippen LogP contribution in [0.15, 0.2) is 23.0 Å². The number of pyridine rings is 1. The van der Waals surface area contributed by atoms with E-state index in [1.165, 1.54) is 36.9 Å². The molecule has 0 saturated carbocycles. The van der Waals surface area contributed by atoms with Crippen molar-refractivity contribution in [3.63, 3.8) is 0 Å². The second-order valence-corrected chi connectivity index (χ2v) is 6.67. The molecule has 2 aromatic rings. The van der Waals surface area contributed by atoms with Crippen LogP contribution in [0, 0.1) is 0 Å². The summed E-state index contributed by atoms with van der Waals surface area (Å²) in [6.45, 7) is 4.41. The number of nitrogens with zero attached hydrogens (tertiary/aromatic N) is 2. The smallest absolute Gasteiger partial charge is 0.253 e. The minimum absolute atomic E-state index is 0. The van der Waals surface area contributed by atoms with Gasteiger partial charge in [-0.2, -0.15) is 0 Å². The van der Waals surface area contributed by atoms with Crippen molar-refractivity contribution in [2.45, 2.75) is 32.2 Å². The first kappa shape index (κ1) is 19.1. The summed E-state index contributed by atoms with van der Waals surface area (Å²) in [7, 11) is 2.09. The Hall–Kier alpha value is -1.23. The van der Waals surface area contributed by atoms with Crippen LogP contribution >= 0.6 is 24.8 Å². The lowest BCUT2D eigenvalue weighted by Gasteiger charge is -2.28. The van der Waals surface area contributed by atoms with Gasteiger partial charge in [0.1, 0.15) is 0 Å². The predicted octanol–water partition coefficient (Wildman–Crippen LogP) is 3.35. The number of rotatable bonds is 2. The van der Waals surface area contributed by atoms with Crippen LogP contribution in [0.4, 0.5) is 5.69 Å². The van der Waals surface area contributed by atoms with Gasteiger partial charge < -0.3 is 9.88 Å². The molecule has 1 saturated heterocycles. The van der Waals surface area contributed by atoms with Gasteiger partial charge in [-0.3, -0.25) is 9.69 Å². The molecule has 0 unspecified atom stereocenters. The third kappa shape index (κ3) is 3.41. The van der Waals surface area contributed by atoms with E-state index in [2.05, 4.69) is 40.0 Å². The van der Waals surface area contributed by atoms with E-state index >= 15 is 0 Å². The number of fused-ring (bicyclic) bond motifs is 3. The van der Waals surface area contributed by atoms with E-state index in [4.69, 9.17) is 0 Å². The van der Waals surface area contributed by atoms with E-state index in [1.54, 1.807) is 0 Å². The van der Waals surface area contributed by atoms with Gasteiger partial charge in [-0.1, -0.05) is 12.1 Å². The van der Waals surface area contributed by atoms with Crippen molar-refractivity contribution in [1.29, 1.82) is 0 Å². The van der Waals surface area contributed by atoms with E-state index in [9.17, 15) is 4.79 Å². The van der Waals surface area contributed by atoms with Crippen molar-refractivity contribution in [3.8, 4) is 0 Å². The third-order valence-electron chi connectivity index (χ3n) is 5.05. The molecule has 4 rings (SSSR count). The number of benzene rings is 1. The summed E-state index contributed by atoms with van der Waals surface area (Å²) in [5.74, 6) is 0. The number of halogens is 2. The van der Waals surface area contributed by atoms with Crippen LogP contribution in [0.25, 0.3) is 10.9 Å². The van der Waals surface area contributed by atoms with Crippen LogP contribution < -0.4 is 10.5 Å². The Bertz CT molecular complexity index is 769. The lowest BCUT2D eigenvalue weighted by molar-refractivity contribution is 0.331. The first-order chi connectivity index (χ1) is 10.7. The molecule has 132 valence electrons. The number of aromatic nitrogens is 1. The summed E-state index contributed by atoms with van der Waals surface area (Å²) in [6.07, 6.45) is 4.57. The normalized spacial score (nSPS) is 17.3. The molecule has 0 spiro atoms. The summed E-state index contributed by atoms with van der Waals surface area (Å²) in [5, 5.41) is 1.18. The molecule has 0 radical (unpaired) electrons. The summed E-state index contributed by atoms with van der Waals surface area (Å²) in [6, 6.07) is 6.58. The molecule has 4 nitrogen and oxygen atoms in total. The average Bonchev–Trinajstić information content (AvgIpc) is 3.00. The summed E-state index contributed by atoms with van der Waals surface area (Å²) in [4.78, 5) is 20.2. The number of H-pyrrole nitrogens is 1. The maximum Gasteiger partial charge on any atom is 0.253 e. The molecule has 0 atom stereocenters. The lowest BCUT2D eigenvalue weighted by atomic mass is 9.99. The second kappa shape index (κ2) is 7.77. The number of hydrogen-bond acceptors (Lipinski definition) is 3. The lowest BCUT2D eigenvalue weighted by Crippen LogP contribution is -2.30. The molecule has 0 amide bonds. The minimum atomic E-state index is 0. The molecule has 0 bridgehead atoms. The average molecular weight is 370 g/mol. The quantitative estimate of drug-likeness (QED) is 0.881. The zero-order valence-electron chi connectivity index (χ0n) is 14.0. The largest absolute Gasteiger partial charge is 0.374 e. The Morgan fingerprint density at radius 1 is 1.08 bits per heavy atom. The fourth-order valence-electron chi connectivity index (χ4n) is 3.94. The van der Waals surface area contributed by atoms with Crippen LogP contribution in [-0.4, -0.2) is 36.6 Å². The molecule has 1 fully saturated rings. The Morgan fingerprint density at radius 3 is 2.58 bits per heavy atom. The van der Waals surface area contributed by atoms with Crippen molar-refractivity contribution in [3.05, 3.63) is 39.7 Å². The second-order valence-electron chi connectivity index (χ2n) is 6.67. The van der Waals surface area contributed by atoms with E-state index < -0.39 is 0 Å². The predicted molar refractivity (Wildman–Crippen MR) is 105 cm³/mol. The van der Waals surface area contributed by atoms with E-state index in [0.717, 1.165) is 42.7 Å². The van der Waals surface area contributed by atoms with Gasteiger partial charge in [0, 0.05) is 31.1 Å². The number of likely N-dealkylation sites (tertiary alicyclic amines) is 1. The highest BCUT2D eigenvalue weighted by molar-refractivity contribution is 5.93. The maximum atomic E-state index is 12.4. The van der Waals surface area contributed by atoms with Gasteiger partial charge in [0.05, 0.1) is 11.2 Å². The SMILES string of the molecule is CN1CCCc2c1c1ccc(CN3CCCC3)cc1[nH]c2=O.Cl.Cl. The first-order valence-electron chi connectivity index (χ1n) is 8.33. The van der Waals surface area contributed by atoms with Crippen LogP contribution in [0.5, 0.6) is 0 Å². The van der Waals surface area contributed by atoms with Crippen molar-refractivity contribution in [2.75, 3.05) is 31.6 Å². The number of nitrogens with one attached hydrogen (secondary N) is 1. The summed E-state index contributed by atoms with van der Waals surface area (Å²) in [5.41, 5.74) is 4.45. The van der Waals surface area contributed by atoms with Crippen molar-refractivity contribution in [2.24, 2.45) is 0 Å². The summed E-state index contributed by atoms with van der Waals surface area (Å²) < 4.78 is 0. The van der Waals surface area contributed by atoms with Gasteiger partial charge in [-0.05, 0) is 50.4 Å². The third-order valence-corrected chi connectivity index (χ3v) is 5.05. The van der Waals surface area contributed by atoms with E-state index in [1.807, 2.05) is 0 Å². The van der Waals surface area contributed by atoms with Gasteiger partial charge in [0.15, 0.2) is 0 Å². The fourth-order valence-corrected chi connectivity index (χ4v) is 3.94. The number of anilines is 1. The molecule has 2 aliphatic rings. The van der Waals surface area contributed by atoms with Crippen LogP contribution in [0.1, 0.15) is 30.4 Å². The minimum Gasteiger partial charge on any atom is -0.374 e. The van der Waals surface area contributed by atoms with Crippen molar-refractivity contribution in [1.82, 2.24) is 9.88 Å². The standard InChI is InChI=1S/C18H23N3O.2ClH/c1-20-8-4-5-15-17(20)14-7-6-13(11-16(14)19-18(15)22)12-21-9-2-3-10-21;;/h6-7,11H,2-5,8-10,12H2,1H3,(H,19,22);2*1H. The molecule has 0 aliphatic carbocycles. The maximum absolute atomic E-state index is 12.4. The van der Waals surface area contributed by atoms with Gasteiger partial charge >= 0.3 is 0 Å². The van der Waals surface area contributed by atoms with Gasteiger partial charge in [-0.15, -0.1) is 24.8 Å². The van der Waals surface area contributed by atoms with Crippen molar-refractivity contribution < 1.29 is 0 Å². The zero-order chi connectivity index (χ0) is 15.1. The molecule has 1 aromatic heterocycles. The zero-order valence-corrected chi connectivity index (χ0v) is 15.6. The Kier molecular flexibility index (Phi) is 6.18. The molecule has 3 heterocycles.